The van der Waals surface area contributed by atoms with Crippen molar-refractivity contribution in [3.63, 3.8) is 0 Å². The molecule has 0 unspecified atom stereocenters. The summed E-state index contributed by atoms with van der Waals surface area (Å²) in [6, 6.07) is 3.85. The first-order chi connectivity index (χ1) is 9.17. The summed E-state index contributed by atoms with van der Waals surface area (Å²) in [6.07, 6.45) is 8.54. The third-order valence-electron chi connectivity index (χ3n) is 3.54. The number of carbonyl (C=O) groups excluding carboxylic acids is 1. The van der Waals surface area contributed by atoms with Gasteiger partial charge in [0.25, 0.3) is 5.91 Å². The molecule has 1 aliphatic carbocycles. The number of rotatable bonds is 2. The minimum atomic E-state index is -0.757. The highest BCUT2D eigenvalue weighted by atomic mass is 35.5. The Hall–Kier alpha value is -1.60. The molecule has 0 spiro atoms. The molecule has 1 fully saturated rings. The van der Waals surface area contributed by atoms with Crippen molar-refractivity contribution in [2.45, 2.75) is 44.1 Å². The minimum Gasteiger partial charge on any atom is -0.334 e. The molecule has 0 aliphatic heterocycles. The van der Waals surface area contributed by atoms with Crippen molar-refractivity contribution in [2.75, 3.05) is 0 Å². The second kappa shape index (κ2) is 6.03. The van der Waals surface area contributed by atoms with Gasteiger partial charge in [-0.2, -0.15) is 5.26 Å². The first-order valence-corrected chi connectivity index (χ1v) is 6.88. The number of amides is 1. The number of aromatic nitrogens is 1. The van der Waals surface area contributed by atoms with E-state index < -0.39 is 5.54 Å². The Bertz CT molecular complexity index is 502. The maximum absolute atomic E-state index is 12.2. The van der Waals surface area contributed by atoms with E-state index in [9.17, 15) is 10.1 Å². The average molecular weight is 278 g/mol. The van der Waals surface area contributed by atoms with E-state index in [1.54, 1.807) is 6.07 Å². The van der Waals surface area contributed by atoms with E-state index in [-0.39, 0.29) is 5.91 Å². The van der Waals surface area contributed by atoms with Gasteiger partial charge in [0, 0.05) is 12.4 Å². The highest BCUT2D eigenvalue weighted by Gasteiger charge is 2.33. The Morgan fingerprint density at radius 3 is 2.63 bits per heavy atom. The Kier molecular flexibility index (Phi) is 4.39. The van der Waals surface area contributed by atoms with Crippen LogP contribution in [-0.4, -0.2) is 16.4 Å². The first kappa shape index (κ1) is 13.8. The van der Waals surface area contributed by atoms with Gasteiger partial charge >= 0.3 is 0 Å². The molecule has 1 heterocycles. The fourth-order valence-electron chi connectivity index (χ4n) is 2.43. The van der Waals surface area contributed by atoms with Crippen molar-refractivity contribution >= 4 is 17.5 Å². The van der Waals surface area contributed by atoms with Gasteiger partial charge in [0.2, 0.25) is 0 Å². The van der Waals surface area contributed by atoms with Crippen molar-refractivity contribution in [2.24, 2.45) is 0 Å². The molecule has 1 aromatic heterocycles. The zero-order valence-corrected chi connectivity index (χ0v) is 11.4. The van der Waals surface area contributed by atoms with E-state index in [0.29, 0.717) is 23.4 Å². The monoisotopic (exact) mass is 277 g/mol. The number of nitriles is 1. The van der Waals surface area contributed by atoms with E-state index in [4.69, 9.17) is 11.6 Å². The topological polar surface area (TPSA) is 65.8 Å². The predicted octanol–water partition coefficient (Wildman–Crippen LogP) is 3.08. The van der Waals surface area contributed by atoms with Crippen LogP contribution >= 0.6 is 11.6 Å². The molecule has 0 bridgehead atoms. The standard InChI is InChI=1S/C14H16ClN3O/c15-12-5-8-17-9-11(12)13(19)18-14(10-16)6-3-1-2-4-7-14/h5,8-9H,1-4,6-7H2,(H,18,19). The maximum Gasteiger partial charge on any atom is 0.255 e. The quantitative estimate of drug-likeness (QED) is 0.845. The molecule has 1 N–H and O–H groups in total. The van der Waals surface area contributed by atoms with Crippen LogP contribution in [0.4, 0.5) is 0 Å². The van der Waals surface area contributed by atoms with Crippen LogP contribution in [0.5, 0.6) is 0 Å². The van der Waals surface area contributed by atoms with Crippen LogP contribution in [0.15, 0.2) is 18.5 Å². The largest absolute Gasteiger partial charge is 0.334 e. The third-order valence-corrected chi connectivity index (χ3v) is 3.87. The zero-order valence-electron chi connectivity index (χ0n) is 10.7. The number of hydrogen-bond acceptors (Lipinski definition) is 3. The minimum absolute atomic E-state index is 0.318. The summed E-state index contributed by atoms with van der Waals surface area (Å²) in [6.45, 7) is 0. The van der Waals surface area contributed by atoms with Gasteiger partial charge < -0.3 is 5.32 Å². The molecule has 4 nitrogen and oxygen atoms in total. The van der Waals surface area contributed by atoms with Crippen LogP contribution in [-0.2, 0) is 0 Å². The molecule has 100 valence electrons. The molecule has 1 amide bonds. The highest BCUT2D eigenvalue weighted by molar-refractivity contribution is 6.33. The van der Waals surface area contributed by atoms with Gasteiger partial charge in [0.15, 0.2) is 0 Å². The Morgan fingerprint density at radius 2 is 2.05 bits per heavy atom. The molecule has 0 saturated heterocycles. The summed E-state index contributed by atoms with van der Waals surface area (Å²) in [5.41, 5.74) is -0.435. The Labute approximate surface area is 117 Å². The summed E-state index contributed by atoms with van der Waals surface area (Å²) in [5.74, 6) is -0.318. The smallest absolute Gasteiger partial charge is 0.255 e. The molecule has 0 radical (unpaired) electrons. The van der Waals surface area contributed by atoms with Crippen LogP contribution in [0.3, 0.4) is 0 Å². The van der Waals surface area contributed by atoms with Crippen LogP contribution in [0, 0.1) is 11.3 Å². The maximum atomic E-state index is 12.2. The zero-order chi connectivity index (χ0) is 13.7. The lowest BCUT2D eigenvalue weighted by molar-refractivity contribution is 0.0912. The Morgan fingerprint density at radius 1 is 1.37 bits per heavy atom. The van der Waals surface area contributed by atoms with Gasteiger partial charge in [-0.05, 0) is 18.9 Å². The summed E-state index contributed by atoms with van der Waals surface area (Å²) in [7, 11) is 0. The molecule has 0 atom stereocenters. The van der Waals surface area contributed by atoms with Gasteiger partial charge in [0.1, 0.15) is 5.54 Å². The van der Waals surface area contributed by atoms with Gasteiger partial charge in [-0.1, -0.05) is 37.3 Å². The SMILES string of the molecule is N#CC1(NC(=O)c2cnccc2Cl)CCCCCC1. The lowest BCUT2D eigenvalue weighted by atomic mass is 9.91. The summed E-state index contributed by atoms with van der Waals surface area (Å²) in [5, 5.41) is 12.6. The van der Waals surface area contributed by atoms with Crippen molar-refractivity contribution in [3.8, 4) is 6.07 Å². The van der Waals surface area contributed by atoms with E-state index >= 15 is 0 Å². The first-order valence-electron chi connectivity index (χ1n) is 6.50. The number of nitrogens with one attached hydrogen (secondary N) is 1. The second-order valence-electron chi connectivity index (χ2n) is 4.92. The number of carbonyl (C=O) groups is 1. The van der Waals surface area contributed by atoms with E-state index in [1.165, 1.54) is 12.4 Å². The van der Waals surface area contributed by atoms with Crippen molar-refractivity contribution < 1.29 is 4.79 Å². The van der Waals surface area contributed by atoms with Gasteiger partial charge in [-0.15, -0.1) is 0 Å². The van der Waals surface area contributed by atoms with Crippen LogP contribution in [0.2, 0.25) is 5.02 Å². The molecule has 5 heteroatoms. The molecule has 1 aromatic rings. The molecule has 19 heavy (non-hydrogen) atoms. The number of nitrogens with zero attached hydrogens (tertiary/aromatic N) is 2. The highest BCUT2D eigenvalue weighted by Crippen LogP contribution is 2.27. The van der Waals surface area contributed by atoms with E-state index in [2.05, 4.69) is 16.4 Å². The average Bonchev–Trinajstić information content (AvgIpc) is 2.65. The summed E-state index contributed by atoms with van der Waals surface area (Å²) >= 11 is 5.97. The van der Waals surface area contributed by atoms with Crippen LogP contribution in [0.1, 0.15) is 48.9 Å². The van der Waals surface area contributed by atoms with Gasteiger partial charge in [-0.3, -0.25) is 9.78 Å². The van der Waals surface area contributed by atoms with Crippen LogP contribution < -0.4 is 5.32 Å². The predicted molar refractivity (Wildman–Crippen MR) is 72.8 cm³/mol. The fraction of sp³-hybridized carbons (Fsp3) is 0.500. The molecular weight excluding hydrogens is 262 g/mol. The van der Waals surface area contributed by atoms with Crippen LogP contribution in [0.25, 0.3) is 0 Å². The third kappa shape index (κ3) is 3.24. The molecule has 1 aliphatic rings. The number of pyridine rings is 1. The van der Waals surface area contributed by atoms with Crippen molar-refractivity contribution in [1.82, 2.24) is 10.3 Å². The Balaban J connectivity index is 2.17. The summed E-state index contributed by atoms with van der Waals surface area (Å²) in [4.78, 5) is 16.1. The van der Waals surface area contributed by atoms with Gasteiger partial charge in [0.05, 0.1) is 16.7 Å². The van der Waals surface area contributed by atoms with E-state index in [0.717, 1.165) is 25.7 Å². The van der Waals surface area contributed by atoms with Crippen molar-refractivity contribution in [1.29, 1.82) is 5.26 Å². The normalized spacial score (nSPS) is 18.1. The molecule has 2 rings (SSSR count). The van der Waals surface area contributed by atoms with E-state index in [1.807, 2.05) is 0 Å². The molecular formula is C14H16ClN3O. The second-order valence-corrected chi connectivity index (χ2v) is 5.32. The van der Waals surface area contributed by atoms with Gasteiger partial charge in [-0.25, -0.2) is 0 Å². The molecule has 0 aromatic carbocycles. The fourth-order valence-corrected chi connectivity index (χ4v) is 2.62. The number of hydrogen-bond donors (Lipinski definition) is 1. The summed E-state index contributed by atoms with van der Waals surface area (Å²) < 4.78 is 0. The molecule has 1 saturated carbocycles. The van der Waals surface area contributed by atoms with Crippen molar-refractivity contribution in [3.05, 3.63) is 29.0 Å². The lowest BCUT2D eigenvalue weighted by Crippen LogP contribution is -2.47. The lowest BCUT2D eigenvalue weighted by Gasteiger charge is -2.26. The number of halogens is 1.